The Bertz CT molecular complexity index is 1520. The van der Waals surface area contributed by atoms with E-state index in [1.807, 2.05) is 48.7 Å². The Kier molecular flexibility index (Phi) is 6.61. The number of aromatic nitrogens is 3. The van der Waals surface area contributed by atoms with E-state index < -0.39 is 21.6 Å². The molecule has 0 spiro atoms. The van der Waals surface area contributed by atoms with E-state index in [4.69, 9.17) is 10.2 Å². The summed E-state index contributed by atoms with van der Waals surface area (Å²) in [7, 11) is -5.45. The molecule has 0 bridgehead atoms. The molecule has 0 fully saturated rings. The highest BCUT2D eigenvalue weighted by atomic mass is 32.2. The molecule has 0 saturated carbocycles. The van der Waals surface area contributed by atoms with Crippen molar-refractivity contribution in [1.29, 1.82) is 0 Å². The summed E-state index contributed by atoms with van der Waals surface area (Å²) in [4.78, 5) is 4.08. The molecular weight excluding hydrogens is 505 g/mol. The molecule has 192 valence electrons. The Balaban J connectivity index is 1.52. The molecule has 2 aromatic carbocycles. The molecule has 1 unspecified atom stereocenters. The van der Waals surface area contributed by atoms with Gasteiger partial charge in [-0.2, -0.15) is 23.0 Å². The lowest BCUT2D eigenvalue weighted by atomic mass is 9.98. The van der Waals surface area contributed by atoms with Gasteiger partial charge in [-0.15, -0.1) is 0 Å². The van der Waals surface area contributed by atoms with Gasteiger partial charge in [0.05, 0.1) is 5.69 Å². The van der Waals surface area contributed by atoms with Crippen LogP contribution in [0.1, 0.15) is 29.2 Å². The average molecular weight is 529 g/mol. The highest BCUT2D eigenvalue weighted by Gasteiger charge is 2.47. The van der Waals surface area contributed by atoms with Crippen LogP contribution >= 0.6 is 0 Å². The fourth-order valence-electron chi connectivity index (χ4n) is 4.55. The van der Waals surface area contributed by atoms with Gasteiger partial charge in [-0.25, -0.2) is 13.1 Å². The number of benzene rings is 2. The first-order valence-electron chi connectivity index (χ1n) is 11.6. The van der Waals surface area contributed by atoms with Gasteiger partial charge >= 0.3 is 15.5 Å². The second kappa shape index (κ2) is 9.73. The predicted molar refractivity (Wildman–Crippen MR) is 132 cm³/mol. The zero-order valence-electron chi connectivity index (χ0n) is 19.5. The summed E-state index contributed by atoms with van der Waals surface area (Å²) >= 11 is 0. The molecule has 37 heavy (non-hydrogen) atoms. The van der Waals surface area contributed by atoms with Gasteiger partial charge in [0.2, 0.25) is 0 Å². The minimum absolute atomic E-state index is 0.0638. The van der Waals surface area contributed by atoms with Crippen LogP contribution < -0.4 is 4.72 Å². The summed E-state index contributed by atoms with van der Waals surface area (Å²) in [5.41, 5.74) is 0.961. The van der Waals surface area contributed by atoms with Crippen LogP contribution in [0.25, 0.3) is 28.1 Å². The van der Waals surface area contributed by atoms with E-state index in [1.54, 1.807) is 33.9 Å². The molecule has 1 atom stereocenters. The molecule has 0 saturated heterocycles. The minimum atomic E-state index is -5.45. The Morgan fingerprint density at radius 2 is 1.76 bits per heavy atom. The van der Waals surface area contributed by atoms with E-state index >= 15 is 0 Å². The number of halogens is 3. The standard InChI is InChI=1S/C26H23F3N4O3S/c27-26(28,29)37(35,36)32-24-8-4-19-15-20(3-7-22(19)24)23-16-33(21-5-1-17(2-6-21)11-14-34)31-25(23)18-9-12-30-13-10-18/h1-3,5-7,9-10,12-13,15-16,24,32,34H,4,8,11,14H2. The first-order chi connectivity index (χ1) is 17.7. The molecule has 11 heteroatoms. The van der Waals surface area contributed by atoms with Gasteiger partial charge in [0, 0.05) is 42.4 Å². The summed E-state index contributed by atoms with van der Waals surface area (Å²) in [5, 5.41) is 14.0. The molecule has 2 aromatic heterocycles. The van der Waals surface area contributed by atoms with Crippen LogP contribution in [0.5, 0.6) is 0 Å². The number of aryl methyl sites for hydroxylation is 1. The van der Waals surface area contributed by atoms with Crippen LogP contribution in [0.2, 0.25) is 0 Å². The second-order valence-corrected chi connectivity index (χ2v) is 10.5. The molecule has 2 heterocycles. The Morgan fingerprint density at radius 3 is 2.43 bits per heavy atom. The Morgan fingerprint density at radius 1 is 1.03 bits per heavy atom. The maximum absolute atomic E-state index is 12.9. The number of nitrogens with one attached hydrogen (secondary N) is 1. The fourth-order valence-corrected chi connectivity index (χ4v) is 5.30. The number of sulfonamides is 1. The van der Waals surface area contributed by atoms with E-state index in [0.717, 1.165) is 33.5 Å². The van der Waals surface area contributed by atoms with E-state index in [0.29, 0.717) is 24.1 Å². The molecule has 1 aliphatic rings. The number of aliphatic hydroxyl groups excluding tert-OH is 1. The van der Waals surface area contributed by atoms with Gasteiger partial charge in [-0.1, -0.05) is 30.3 Å². The molecule has 4 aromatic rings. The van der Waals surface area contributed by atoms with Crippen LogP contribution in [0.15, 0.2) is 73.2 Å². The zero-order chi connectivity index (χ0) is 26.2. The van der Waals surface area contributed by atoms with E-state index in [1.165, 1.54) is 0 Å². The first kappa shape index (κ1) is 25.1. The number of hydrogen-bond donors (Lipinski definition) is 2. The summed E-state index contributed by atoms with van der Waals surface area (Å²) < 4.78 is 65.5. The quantitative estimate of drug-likeness (QED) is 0.367. The zero-order valence-corrected chi connectivity index (χ0v) is 20.3. The third-order valence-corrected chi connectivity index (χ3v) is 7.61. The minimum Gasteiger partial charge on any atom is -0.396 e. The van der Waals surface area contributed by atoms with Crippen molar-refractivity contribution in [3.05, 3.63) is 89.9 Å². The molecule has 1 aliphatic carbocycles. The van der Waals surface area contributed by atoms with E-state index in [9.17, 15) is 21.6 Å². The number of hydrogen-bond acceptors (Lipinski definition) is 5. The van der Waals surface area contributed by atoms with Crippen LogP contribution in [0.4, 0.5) is 13.2 Å². The molecule has 5 rings (SSSR count). The summed E-state index contributed by atoms with van der Waals surface area (Å²) in [6, 6.07) is 15.8. The molecule has 0 aliphatic heterocycles. The number of aliphatic hydroxyl groups is 1. The number of nitrogens with zero attached hydrogens (tertiary/aromatic N) is 3. The SMILES string of the molecule is O=S(=O)(NC1CCc2cc(-c3cn(-c4ccc(CCO)cc4)nc3-c3ccncc3)ccc21)C(F)(F)F. The maximum atomic E-state index is 12.9. The van der Waals surface area contributed by atoms with Gasteiger partial charge < -0.3 is 5.11 Å². The van der Waals surface area contributed by atoms with Crippen LogP contribution in [0, 0.1) is 0 Å². The Hall–Kier alpha value is -3.54. The smallest absolute Gasteiger partial charge is 0.396 e. The number of pyridine rings is 1. The van der Waals surface area contributed by atoms with Crippen molar-refractivity contribution < 1.29 is 26.7 Å². The summed E-state index contributed by atoms with van der Waals surface area (Å²) in [6.45, 7) is 0.0638. The predicted octanol–water partition coefficient (Wildman–Crippen LogP) is 4.56. The van der Waals surface area contributed by atoms with Gasteiger partial charge in [0.1, 0.15) is 5.69 Å². The lowest BCUT2D eigenvalue weighted by Crippen LogP contribution is -2.38. The van der Waals surface area contributed by atoms with Crippen LogP contribution in [0.3, 0.4) is 0 Å². The van der Waals surface area contributed by atoms with Crippen LogP contribution in [-0.2, 0) is 22.9 Å². The first-order valence-corrected chi connectivity index (χ1v) is 13.1. The van der Waals surface area contributed by atoms with Crippen molar-refractivity contribution >= 4 is 10.0 Å². The van der Waals surface area contributed by atoms with Gasteiger partial charge in [0.25, 0.3) is 0 Å². The normalized spacial score (nSPS) is 15.6. The average Bonchev–Trinajstić information content (AvgIpc) is 3.49. The topological polar surface area (TPSA) is 97.1 Å². The highest BCUT2D eigenvalue weighted by Crippen LogP contribution is 2.38. The second-order valence-electron chi connectivity index (χ2n) is 8.78. The summed E-state index contributed by atoms with van der Waals surface area (Å²) in [6.07, 6.45) is 6.47. The fraction of sp³-hybridized carbons (Fsp3) is 0.231. The van der Waals surface area contributed by atoms with Crippen molar-refractivity contribution in [2.24, 2.45) is 0 Å². The molecule has 7 nitrogen and oxygen atoms in total. The Labute approximate surface area is 211 Å². The van der Waals surface area contributed by atoms with E-state index in [-0.39, 0.29) is 13.0 Å². The molecule has 0 radical (unpaired) electrons. The monoisotopic (exact) mass is 528 g/mol. The summed E-state index contributed by atoms with van der Waals surface area (Å²) in [5.74, 6) is 0. The third-order valence-electron chi connectivity index (χ3n) is 6.40. The lowest BCUT2D eigenvalue weighted by Gasteiger charge is -2.16. The molecule has 0 amide bonds. The van der Waals surface area contributed by atoms with Gasteiger partial charge in [-0.3, -0.25) is 4.98 Å². The van der Waals surface area contributed by atoms with Crippen molar-refractivity contribution in [2.45, 2.75) is 30.8 Å². The lowest BCUT2D eigenvalue weighted by molar-refractivity contribution is -0.0451. The van der Waals surface area contributed by atoms with Crippen molar-refractivity contribution in [3.8, 4) is 28.1 Å². The van der Waals surface area contributed by atoms with Crippen molar-refractivity contribution in [1.82, 2.24) is 19.5 Å². The number of rotatable bonds is 7. The molecular formula is C26H23F3N4O3S. The third kappa shape index (κ3) is 5.02. The van der Waals surface area contributed by atoms with Crippen molar-refractivity contribution in [3.63, 3.8) is 0 Å². The van der Waals surface area contributed by atoms with Gasteiger partial charge in [0.15, 0.2) is 0 Å². The van der Waals surface area contributed by atoms with E-state index in [2.05, 4.69) is 4.98 Å². The maximum Gasteiger partial charge on any atom is 0.511 e. The largest absolute Gasteiger partial charge is 0.511 e. The number of alkyl halides is 3. The van der Waals surface area contributed by atoms with Crippen LogP contribution in [-0.4, -0.2) is 40.4 Å². The molecule has 2 N–H and O–H groups in total. The van der Waals surface area contributed by atoms with Gasteiger partial charge in [-0.05, 0) is 65.8 Å². The van der Waals surface area contributed by atoms with Crippen molar-refractivity contribution in [2.75, 3.05) is 6.61 Å². The highest BCUT2D eigenvalue weighted by molar-refractivity contribution is 7.90. The number of fused-ring (bicyclic) bond motifs is 1.